The monoisotopic (exact) mass is 455 g/mol. The zero-order chi connectivity index (χ0) is 16.2. The molecular formula is C12H36NO5Ta-. The van der Waals surface area contributed by atoms with E-state index in [0.29, 0.717) is 0 Å². The van der Waals surface area contributed by atoms with Gasteiger partial charge in [-0.25, -0.2) is 0 Å². The first-order valence-corrected chi connectivity index (χ1v) is 6.01. The maximum Gasteiger partial charge on any atom is 0.0402 e. The van der Waals surface area contributed by atoms with Gasteiger partial charge in [0.1, 0.15) is 0 Å². The molecule has 0 atom stereocenters. The first-order chi connectivity index (χ1) is 8.49. The quantitative estimate of drug-likeness (QED) is 0.367. The first kappa shape index (κ1) is 42.7. The smallest absolute Gasteiger partial charge is 0.0402 e. The molecule has 0 rings (SSSR count). The summed E-state index contributed by atoms with van der Waals surface area (Å²) in [5, 5.41) is 41.3. The predicted octanol–water partition coefficient (Wildman–Crippen LogP) is 0.610. The van der Waals surface area contributed by atoms with Crippen LogP contribution in [0.3, 0.4) is 0 Å². The van der Waals surface area contributed by atoms with E-state index in [9.17, 15) is 0 Å². The van der Waals surface area contributed by atoms with Gasteiger partial charge in [0, 0.05) is 55.4 Å². The minimum absolute atomic E-state index is 0. The molecule has 125 valence electrons. The first-order valence-electron chi connectivity index (χ1n) is 6.01. The van der Waals surface area contributed by atoms with Gasteiger partial charge in [0.25, 0.3) is 0 Å². The molecule has 0 heterocycles. The summed E-state index contributed by atoms with van der Waals surface area (Å²) in [4.78, 5) is 0. The fraction of sp³-hybridized carbons (Fsp3) is 1.00. The van der Waals surface area contributed by atoms with Crippen molar-refractivity contribution in [2.75, 3.05) is 47.1 Å². The van der Waals surface area contributed by atoms with Crippen LogP contribution in [0, 0.1) is 0 Å². The van der Waals surface area contributed by atoms with Crippen LogP contribution in [0.1, 0.15) is 34.6 Å². The number of hydrogen-bond donors (Lipinski definition) is 5. The van der Waals surface area contributed by atoms with E-state index in [2.05, 4.69) is 5.32 Å². The van der Waals surface area contributed by atoms with Gasteiger partial charge in [-0.2, -0.15) is 14.1 Å². The SMILES string of the molecule is CCO.CCO.CCO.CCO.CCO.C[N-]C.[Ta]. The molecule has 0 aromatic rings. The number of nitrogens with zero attached hydrogens (tertiary/aromatic N) is 1. The van der Waals surface area contributed by atoms with E-state index in [1.54, 1.807) is 48.7 Å². The molecule has 0 spiro atoms. The van der Waals surface area contributed by atoms with E-state index >= 15 is 0 Å². The Balaban J connectivity index is -0.0000000180. The van der Waals surface area contributed by atoms with E-state index in [4.69, 9.17) is 25.5 Å². The molecular weight excluding hydrogens is 419 g/mol. The Morgan fingerprint density at radius 1 is 0.526 bits per heavy atom. The van der Waals surface area contributed by atoms with E-state index in [0.717, 1.165) is 0 Å². The third-order valence-electron chi connectivity index (χ3n) is 0. The summed E-state index contributed by atoms with van der Waals surface area (Å²) < 4.78 is 0. The second kappa shape index (κ2) is 134. The third kappa shape index (κ3) is 20100. The van der Waals surface area contributed by atoms with Gasteiger partial charge in [-0.3, -0.25) is 0 Å². The summed E-state index contributed by atoms with van der Waals surface area (Å²) in [6, 6.07) is 0. The molecule has 0 fully saturated rings. The Morgan fingerprint density at radius 3 is 0.526 bits per heavy atom. The molecule has 0 aromatic heterocycles. The maximum absolute atomic E-state index is 7.57. The van der Waals surface area contributed by atoms with Gasteiger partial charge in [0.2, 0.25) is 0 Å². The number of aliphatic hydroxyl groups is 5. The largest absolute Gasteiger partial charge is 0.668 e. The van der Waals surface area contributed by atoms with Crippen molar-refractivity contribution in [2.45, 2.75) is 34.6 Å². The molecule has 0 bridgehead atoms. The van der Waals surface area contributed by atoms with Crippen molar-refractivity contribution in [2.24, 2.45) is 0 Å². The number of rotatable bonds is 0. The van der Waals surface area contributed by atoms with Crippen LogP contribution in [0.25, 0.3) is 5.32 Å². The number of aliphatic hydroxyl groups excluding tert-OH is 5. The van der Waals surface area contributed by atoms with Crippen molar-refractivity contribution >= 4 is 0 Å². The summed E-state index contributed by atoms with van der Waals surface area (Å²) in [6.07, 6.45) is 0. The molecule has 0 saturated heterocycles. The minimum Gasteiger partial charge on any atom is -0.668 e. The topological polar surface area (TPSA) is 115 Å². The van der Waals surface area contributed by atoms with Crippen molar-refractivity contribution in [3.05, 3.63) is 5.32 Å². The fourth-order valence-electron chi connectivity index (χ4n) is 0. The zero-order valence-corrected chi connectivity index (χ0v) is 16.9. The predicted molar refractivity (Wildman–Crippen MR) is 79.0 cm³/mol. The van der Waals surface area contributed by atoms with Crippen molar-refractivity contribution in [1.82, 2.24) is 0 Å². The maximum atomic E-state index is 7.57. The summed E-state index contributed by atoms with van der Waals surface area (Å²) >= 11 is 0. The molecule has 7 heteroatoms. The van der Waals surface area contributed by atoms with Gasteiger partial charge in [0.15, 0.2) is 0 Å². The second-order valence-corrected chi connectivity index (χ2v) is 2.03. The molecule has 0 aliphatic rings. The van der Waals surface area contributed by atoms with Gasteiger partial charge in [0.05, 0.1) is 0 Å². The molecule has 1 radical (unpaired) electrons. The summed E-state index contributed by atoms with van der Waals surface area (Å²) in [6.45, 7) is 9.65. The van der Waals surface area contributed by atoms with E-state index < -0.39 is 0 Å². The summed E-state index contributed by atoms with van der Waals surface area (Å²) in [5.74, 6) is 0. The van der Waals surface area contributed by atoms with Crippen LogP contribution in [-0.4, -0.2) is 72.7 Å². The van der Waals surface area contributed by atoms with Gasteiger partial charge in [-0.1, -0.05) is 0 Å². The van der Waals surface area contributed by atoms with E-state index in [1.165, 1.54) is 0 Å². The van der Waals surface area contributed by atoms with Crippen molar-refractivity contribution in [1.29, 1.82) is 0 Å². The summed E-state index contributed by atoms with van der Waals surface area (Å²) in [7, 11) is 3.50. The van der Waals surface area contributed by atoms with Crippen LogP contribution in [0.15, 0.2) is 0 Å². The fourth-order valence-corrected chi connectivity index (χ4v) is 0. The van der Waals surface area contributed by atoms with E-state index in [1.807, 2.05) is 0 Å². The van der Waals surface area contributed by atoms with Crippen LogP contribution in [0.5, 0.6) is 0 Å². The molecule has 6 nitrogen and oxygen atoms in total. The Bertz CT molecular complexity index is 41.6. The average molecular weight is 455 g/mol. The molecule has 0 unspecified atom stereocenters. The third-order valence-corrected chi connectivity index (χ3v) is 0. The van der Waals surface area contributed by atoms with Gasteiger partial charge < -0.3 is 30.8 Å². The van der Waals surface area contributed by atoms with Crippen molar-refractivity contribution in [3.8, 4) is 0 Å². The minimum atomic E-state index is 0. The van der Waals surface area contributed by atoms with Crippen LogP contribution in [-0.2, 0) is 22.4 Å². The molecule has 19 heavy (non-hydrogen) atoms. The molecule has 0 amide bonds. The molecule has 0 saturated carbocycles. The standard InChI is InChI=1S/C2H6N.5C2H6O.Ta/c1-3-2;5*1-2-3;/h1-2H3;5*3H,2H2,1H3;/q-1;;;;;;. The van der Waals surface area contributed by atoms with Crippen LogP contribution in [0.4, 0.5) is 0 Å². The second-order valence-electron chi connectivity index (χ2n) is 2.03. The molecule has 0 aliphatic carbocycles. The molecule has 5 N–H and O–H groups in total. The van der Waals surface area contributed by atoms with Crippen LogP contribution >= 0.6 is 0 Å². The van der Waals surface area contributed by atoms with Crippen LogP contribution < -0.4 is 0 Å². The Labute approximate surface area is 135 Å². The Morgan fingerprint density at radius 2 is 0.526 bits per heavy atom. The van der Waals surface area contributed by atoms with E-state index in [-0.39, 0.29) is 55.4 Å². The normalized spacial score (nSPS) is 5.68. The van der Waals surface area contributed by atoms with Crippen molar-refractivity contribution in [3.63, 3.8) is 0 Å². The zero-order valence-electron chi connectivity index (χ0n) is 13.7. The molecule has 0 aromatic carbocycles. The Kier molecular flexibility index (Phi) is 301. The summed E-state index contributed by atoms with van der Waals surface area (Å²) in [5.41, 5.74) is 0. The molecule has 0 aliphatic heterocycles. The average Bonchev–Trinajstić information content (AvgIpc) is 2.23. The van der Waals surface area contributed by atoms with Gasteiger partial charge >= 0.3 is 0 Å². The van der Waals surface area contributed by atoms with Gasteiger partial charge in [-0.05, 0) is 34.6 Å². The van der Waals surface area contributed by atoms with Crippen molar-refractivity contribution < 1.29 is 47.9 Å². The number of hydrogen-bond acceptors (Lipinski definition) is 5. The van der Waals surface area contributed by atoms with Gasteiger partial charge in [-0.15, -0.1) is 0 Å². The Hall–Kier alpha value is 0.500. The van der Waals surface area contributed by atoms with Crippen LogP contribution in [0.2, 0.25) is 0 Å².